The molecule has 0 fully saturated rings. The fraction of sp³-hybridized carbons (Fsp3) is 0.458. The van der Waals surface area contributed by atoms with Crippen molar-refractivity contribution in [3.8, 4) is 11.5 Å². The van der Waals surface area contributed by atoms with Gasteiger partial charge < -0.3 is 30.0 Å². The van der Waals surface area contributed by atoms with Crippen LogP contribution < -0.4 is 20.1 Å². The van der Waals surface area contributed by atoms with Gasteiger partial charge in [0, 0.05) is 25.3 Å². The fourth-order valence-corrected chi connectivity index (χ4v) is 3.08. The highest BCUT2D eigenvalue weighted by Crippen LogP contribution is 2.29. The minimum absolute atomic E-state index is 0.0658. The van der Waals surface area contributed by atoms with Gasteiger partial charge in [-0.05, 0) is 44.0 Å². The van der Waals surface area contributed by atoms with Crippen molar-refractivity contribution >= 4 is 5.96 Å². The average Bonchev–Trinajstić information content (AvgIpc) is 2.81. The van der Waals surface area contributed by atoms with Crippen molar-refractivity contribution in [2.24, 2.45) is 4.99 Å². The van der Waals surface area contributed by atoms with Crippen LogP contribution in [0.5, 0.6) is 11.5 Å². The van der Waals surface area contributed by atoms with Gasteiger partial charge in [0.25, 0.3) is 0 Å². The van der Waals surface area contributed by atoms with Crippen LogP contribution in [0.2, 0.25) is 0 Å². The SMILES string of the molecule is CCNC(=NCC(O)c1cc(OC)ccc1OC)NCCCOC(C)c1ccccc1. The molecule has 2 aromatic rings. The van der Waals surface area contributed by atoms with Crippen molar-refractivity contribution in [1.29, 1.82) is 0 Å². The van der Waals surface area contributed by atoms with Gasteiger partial charge in [-0.15, -0.1) is 0 Å². The van der Waals surface area contributed by atoms with Crippen molar-refractivity contribution in [2.45, 2.75) is 32.5 Å². The normalized spacial score (nSPS) is 13.4. The molecule has 2 rings (SSSR count). The predicted octanol–water partition coefficient (Wildman–Crippen LogP) is 3.46. The maximum absolute atomic E-state index is 10.6. The number of nitrogens with one attached hydrogen (secondary N) is 2. The highest BCUT2D eigenvalue weighted by Gasteiger charge is 2.14. The van der Waals surface area contributed by atoms with Crippen LogP contribution in [0.15, 0.2) is 53.5 Å². The van der Waals surface area contributed by atoms with Gasteiger partial charge in [0.05, 0.1) is 26.9 Å². The second-order valence-electron chi connectivity index (χ2n) is 7.05. The zero-order valence-electron chi connectivity index (χ0n) is 18.9. The molecule has 0 bridgehead atoms. The molecule has 3 N–H and O–H groups in total. The van der Waals surface area contributed by atoms with Gasteiger partial charge in [0.2, 0.25) is 0 Å². The molecule has 0 aliphatic carbocycles. The first kappa shape index (κ1) is 24.5. The van der Waals surface area contributed by atoms with E-state index in [0.29, 0.717) is 36.2 Å². The van der Waals surface area contributed by atoms with Crippen LogP contribution in [0.4, 0.5) is 0 Å². The molecule has 0 aliphatic heterocycles. The Morgan fingerprint density at radius 3 is 2.52 bits per heavy atom. The molecule has 2 atom stereocenters. The smallest absolute Gasteiger partial charge is 0.191 e. The maximum atomic E-state index is 10.6. The van der Waals surface area contributed by atoms with E-state index in [-0.39, 0.29) is 12.6 Å². The first-order valence-corrected chi connectivity index (χ1v) is 10.7. The van der Waals surface area contributed by atoms with E-state index in [1.54, 1.807) is 32.4 Å². The lowest BCUT2D eigenvalue weighted by Gasteiger charge is -2.16. The van der Waals surface area contributed by atoms with Gasteiger partial charge in [-0.2, -0.15) is 0 Å². The molecule has 7 heteroatoms. The molecule has 0 radical (unpaired) electrons. The van der Waals surface area contributed by atoms with Gasteiger partial charge in [-0.25, -0.2) is 0 Å². The molecule has 0 saturated heterocycles. The fourth-order valence-electron chi connectivity index (χ4n) is 3.08. The predicted molar refractivity (Wildman–Crippen MR) is 124 cm³/mol. The van der Waals surface area contributed by atoms with E-state index in [1.807, 2.05) is 25.1 Å². The number of rotatable bonds is 12. The molecule has 7 nitrogen and oxygen atoms in total. The summed E-state index contributed by atoms with van der Waals surface area (Å²) < 4.78 is 16.5. The first-order valence-electron chi connectivity index (χ1n) is 10.7. The Labute approximate surface area is 185 Å². The summed E-state index contributed by atoms with van der Waals surface area (Å²) in [7, 11) is 3.17. The molecule has 31 heavy (non-hydrogen) atoms. The van der Waals surface area contributed by atoms with Crippen LogP contribution in [0.3, 0.4) is 0 Å². The molecule has 0 aliphatic rings. The van der Waals surface area contributed by atoms with Crippen LogP contribution >= 0.6 is 0 Å². The second-order valence-corrected chi connectivity index (χ2v) is 7.05. The van der Waals surface area contributed by atoms with Crippen LogP contribution in [0.25, 0.3) is 0 Å². The average molecular weight is 430 g/mol. The summed E-state index contributed by atoms with van der Waals surface area (Å²) in [6.45, 7) is 6.34. The molecule has 0 amide bonds. The highest BCUT2D eigenvalue weighted by atomic mass is 16.5. The molecule has 2 unspecified atom stereocenters. The highest BCUT2D eigenvalue weighted by molar-refractivity contribution is 5.79. The van der Waals surface area contributed by atoms with Crippen molar-refractivity contribution in [2.75, 3.05) is 40.5 Å². The third-order valence-electron chi connectivity index (χ3n) is 4.81. The quantitative estimate of drug-likeness (QED) is 0.272. The minimum Gasteiger partial charge on any atom is -0.497 e. The number of ether oxygens (including phenoxy) is 3. The monoisotopic (exact) mass is 429 g/mol. The van der Waals surface area contributed by atoms with Gasteiger partial charge in [-0.3, -0.25) is 4.99 Å². The molecule has 2 aromatic carbocycles. The van der Waals surface area contributed by atoms with Crippen molar-refractivity contribution < 1.29 is 19.3 Å². The zero-order valence-corrected chi connectivity index (χ0v) is 18.9. The number of methoxy groups -OCH3 is 2. The summed E-state index contributed by atoms with van der Waals surface area (Å²) in [6, 6.07) is 15.5. The minimum atomic E-state index is -0.810. The molecule has 0 heterocycles. The largest absolute Gasteiger partial charge is 0.497 e. The Morgan fingerprint density at radius 1 is 1.06 bits per heavy atom. The van der Waals surface area contributed by atoms with E-state index < -0.39 is 6.10 Å². The van der Waals surface area contributed by atoms with Crippen molar-refractivity contribution in [3.63, 3.8) is 0 Å². The lowest BCUT2D eigenvalue weighted by molar-refractivity contribution is 0.0646. The van der Waals surface area contributed by atoms with Gasteiger partial charge in [0.1, 0.15) is 17.6 Å². The summed E-state index contributed by atoms with van der Waals surface area (Å²) in [5.41, 5.74) is 1.82. The Balaban J connectivity index is 1.83. The lowest BCUT2D eigenvalue weighted by Crippen LogP contribution is -2.38. The molecule has 0 saturated carbocycles. The number of aliphatic hydroxyl groups excluding tert-OH is 1. The Bertz CT molecular complexity index is 799. The van der Waals surface area contributed by atoms with Crippen LogP contribution in [-0.4, -0.2) is 51.5 Å². The summed E-state index contributed by atoms with van der Waals surface area (Å²) >= 11 is 0. The number of aliphatic hydroxyl groups is 1. The molecule has 0 spiro atoms. The van der Waals surface area contributed by atoms with Crippen molar-refractivity contribution in [1.82, 2.24) is 10.6 Å². The number of benzene rings is 2. The van der Waals surface area contributed by atoms with Gasteiger partial charge in [0.15, 0.2) is 5.96 Å². The lowest BCUT2D eigenvalue weighted by atomic mass is 10.1. The van der Waals surface area contributed by atoms with Crippen LogP contribution in [0.1, 0.15) is 43.6 Å². The Morgan fingerprint density at radius 2 is 1.84 bits per heavy atom. The first-order chi connectivity index (χ1) is 15.1. The second kappa shape index (κ2) is 13.5. The van der Waals surface area contributed by atoms with Gasteiger partial charge >= 0.3 is 0 Å². The van der Waals surface area contributed by atoms with E-state index in [4.69, 9.17) is 14.2 Å². The molecule has 170 valence electrons. The van der Waals surface area contributed by atoms with Gasteiger partial charge in [-0.1, -0.05) is 30.3 Å². The summed E-state index contributed by atoms with van der Waals surface area (Å²) in [4.78, 5) is 4.51. The van der Waals surface area contributed by atoms with Crippen LogP contribution in [-0.2, 0) is 4.74 Å². The van der Waals surface area contributed by atoms with E-state index in [9.17, 15) is 5.11 Å². The zero-order chi connectivity index (χ0) is 22.5. The van der Waals surface area contributed by atoms with E-state index in [0.717, 1.165) is 13.0 Å². The molecular formula is C24H35N3O4. The number of nitrogens with zero attached hydrogens (tertiary/aromatic N) is 1. The van der Waals surface area contributed by atoms with Crippen LogP contribution in [0, 0.1) is 0 Å². The third kappa shape index (κ3) is 8.11. The number of aliphatic imine (C=N–C) groups is 1. The summed E-state index contributed by atoms with van der Waals surface area (Å²) in [6.07, 6.45) is 0.0973. The number of hydrogen-bond acceptors (Lipinski definition) is 5. The molecular weight excluding hydrogens is 394 g/mol. The van der Waals surface area contributed by atoms with E-state index in [2.05, 4.69) is 34.7 Å². The maximum Gasteiger partial charge on any atom is 0.191 e. The third-order valence-corrected chi connectivity index (χ3v) is 4.81. The topological polar surface area (TPSA) is 84.3 Å². The number of hydrogen-bond donors (Lipinski definition) is 3. The summed E-state index contributed by atoms with van der Waals surface area (Å²) in [5, 5.41) is 17.1. The standard InChI is InChI=1S/C24H35N3O4/c1-5-25-24(26-14-9-15-31-18(2)19-10-7-6-8-11-19)27-17-22(28)21-16-20(29-3)12-13-23(21)30-4/h6-8,10-13,16,18,22,28H,5,9,14-15,17H2,1-4H3,(H2,25,26,27). The van der Waals surface area contributed by atoms with Crippen molar-refractivity contribution in [3.05, 3.63) is 59.7 Å². The van der Waals surface area contributed by atoms with E-state index >= 15 is 0 Å². The van der Waals surface area contributed by atoms with E-state index in [1.165, 1.54) is 5.56 Å². The molecule has 0 aromatic heterocycles. The Hall–Kier alpha value is -2.77. The number of guanidine groups is 1. The Kier molecular flexibility index (Phi) is 10.7. The summed E-state index contributed by atoms with van der Waals surface area (Å²) in [5.74, 6) is 1.92.